The maximum absolute atomic E-state index is 7.89. The number of aromatic nitrogens is 6. The van der Waals surface area contributed by atoms with E-state index in [1.54, 1.807) is 54.9 Å². The minimum Gasteiger partial charge on any atom is -0.304 e. The molecule has 0 atom stereocenters. The van der Waals surface area contributed by atoms with Gasteiger partial charge in [-0.3, -0.25) is 9.97 Å². The van der Waals surface area contributed by atoms with Crippen molar-refractivity contribution in [1.82, 2.24) is 29.9 Å². The first-order valence-corrected chi connectivity index (χ1v) is 39.6. The molecule has 0 aliphatic heterocycles. The minimum atomic E-state index is -2.28. The van der Waals surface area contributed by atoms with Crippen LogP contribution in [-0.2, 0) is 40.2 Å². The molecule has 0 spiro atoms. The molecule has 14 aromatic carbocycles. The molecule has 19 rings (SSSR count). The number of pyridine rings is 4. The normalized spacial score (nSPS) is 12.9. The Balaban J connectivity index is 0.00000625. The fourth-order valence-corrected chi connectivity index (χ4v) is 15.9. The Morgan fingerprint density at radius 2 is 0.426 bits per heavy atom. The molecule has 0 radical (unpaired) electrons. The maximum Gasteiger partial charge on any atom is 3.00 e. The summed E-state index contributed by atoms with van der Waals surface area (Å²) in [7, 11) is 0. The van der Waals surface area contributed by atoms with Crippen molar-refractivity contribution in [1.29, 1.82) is 0 Å². The summed E-state index contributed by atoms with van der Waals surface area (Å²) in [5, 5.41) is 1.08. The van der Waals surface area contributed by atoms with Gasteiger partial charge in [0, 0.05) is 51.3 Å². The fourth-order valence-electron chi connectivity index (χ4n) is 15.5. The Bertz CT molecular complexity index is 6740. The summed E-state index contributed by atoms with van der Waals surface area (Å²) in [6.45, 7) is -9.12. The van der Waals surface area contributed by atoms with Crippen molar-refractivity contribution in [3.05, 3.63) is 433 Å². The molecular weight excluding hydrogens is 1880 g/mol. The van der Waals surface area contributed by atoms with E-state index >= 15 is 0 Å². The molecule has 10 heteroatoms. The molecule has 0 saturated heterocycles. The fraction of sp³-hybridized carbons (Fsp3) is 0.0357. The number of hydrogen-bond acceptors (Lipinski definition) is 6. The van der Waals surface area contributed by atoms with Gasteiger partial charge in [-0.25, -0.2) is 0 Å². The molecule has 0 bridgehead atoms. The third-order valence-corrected chi connectivity index (χ3v) is 22.0. The first-order valence-electron chi connectivity index (χ1n) is 44.8. The number of aryl methyl sites for hydroxylation is 4. The second kappa shape index (κ2) is 35.9. The molecule has 122 heavy (non-hydrogen) atoms. The van der Waals surface area contributed by atoms with Crippen LogP contribution in [0.3, 0.4) is 0 Å². The Hall–Kier alpha value is -13.4. The van der Waals surface area contributed by atoms with Gasteiger partial charge in [-0.2, -0.15) is 0 Å². The number of nitrogens with zero attached hydrogens (tertiary/aromatic N) is 6. The molecule has 0 fully saturated rings. The monoisotopic (exact) mass is 1970 g/mol. The van der Waals surface area contributed by atoms with Crippen LogP contribution in [0.1, 0.15) is 38.7 Å². The molecule has 0 N–H and O–H groups in total. The Kier molecular flexibility index (Phi) is 19.8. The van der Waals surface area contributed by atoms with E-state index in [-0.39, 0.29) is 62.5 Å². The van der Waals surface area contributed by atoms with E-state index in [0.29, 0.717) is 66.5 Å². The van der Waals surface area contributed by atoms with Crippen LogP contribution in [0.15, 0.2) is 365 Å². The summed E-state index contributed by atoms with van der Waals surface area (Å²) in [4.78, 5) is 27.6. The van der Waals surface area contributed by atoms with Crippen molar-refractivity contribution in [2.75, 3.05) is 0 Å². The van der Waals surface area contributed by atoms with Crippen molar-refractivity contribution in [3.63, 3.8) is 0 Å². The number of rotatable bonds is 18. The van der Waals surface area contributed by atoms with Gasteiger partial charge in [0.05, 0.1) is 6.33 Å². The predicted octanol–water partition coefficient (Wildman–Crippen LogP) is 29.4. The summed E-state index contributed by atoms with van der Waals surface area (Å²) < 4.78 is 94.7. The van der Waals surface area contributed by atoms with Crippen molar-refractivity contribution in [2.24, 2.45) is 0 Å². The quantitative estimate of drug-likeness (QED) is 0.0797. The summed E-state index contributed by atoms with van der Waals surface area (Å²) in [6, 6.07) is 130. The topological polar surface area (TPSA) is 77.3 Å². The van der Waals surface area contributed by atoms with E-state index < -0.39 is 27.4 Å². The van der Waals surface area contributed by atoms with Gasteiger partial charge in [0.2, 0.25) is 0 Å². The molecule has 0 saturated carbocycles. The molecule has 5 heterocycles. The number of hydrogen-bond donors (Lipinski definition) is 0. The van der Waals surface area contributed by atoms with Gasteiger partial charge in [0.25, 0.3) is 0 Å². The van der Waals surface area contributed by atoms with E-state index in [1.165, 1.54) is 24.8 Å². The zero-order valence-corrected chi connectivity index (χ0v) is 71.0. The molecule has 0 aliphatic carbocycles. The van der Waals surface area contributed by atoms with E-state index in [2.05, 4.69) is 153 Å². The average molecular weight is 1970 g/mol. The molecular formula is C112H72Cl2Ir2N6. The van der Waals surface area contributed by atoms with Crippen LogP contribution in [0.2, 0.25) is 10.0 Å². The van der Waals surface area contributed by atoms with Crippen LogP contribution in [0.5, 0.6) is 0 Å². The van der Waals surface area contributed by atoms with Crippen LogP contribution in [0.25, 0.3) is 201 Å². The Morgan fingerprint density at radius 1 is 0.205 bits per heavy atom. The second-order valence-electron chi connectivity index (χ2n) is 29.1. The van der Waals surface area contributed by atoms with Gasteiger partial charge in [-0.1, -0.05) is 254 Å². The van der Waals surface area contributed by atoms with Gasteiger partial charge in [0.1, 0.15) is 0 Å². The standard InChI is InChI=1S/C112H72Cl2N6.2Ir/c1-71-21-53-107(115-66-71)81-37-25-75(26-38-81)95-13-5-9-17-99(95)87-57-88(100-18-10-6-14-96(100)76-27-39-82(40-28-76)108-54-22-72(2)67-116-108)60-91(59-87)105-63-93(113)49-51-103(105)79-33-45-85(46-34-79)111-65-112(120-70-119-111)86-47-35-80(36-48-86)104-52-50-94(114)64-106(104)92-61-89(101-19-11-7-15-97(101)77-29-41-83(42-30-77)109-55-23-73(3)68-117-109)58-90(62-92)102-20-12-8-16-98(102)78-31-43-84(44-32-78)110-56-24-74(4)69-118-110;;/h5-37,39,41,43,45,47,49-70H,1-4H3;;/q-6;2*+3/i1D3,2D3,3D3,4D3;;. The second-order valence-corrected chi connectivity index (χ2v) is 30.0. The van der Waals surface area contributed by atoms with Crippen LogP contribution in [0.4, 0.5) is 0 Å². The predicted molar refractivity (Wildman–Crippen MR) is 493 cm³/mol. The van der Waals surface area contributed by atoms with Gasteiger partial charge in [0.15, 0.2) is 0 Å². The first-order chi connectivity index (χ1) is 63.7. The maximum atomic E-state index is 7.89. The molecule has 19 aromatic rings. The van der Waals surface area contributed by atoms with Gasteiger partial charge in [-0.05, 0) is 211 Å². The van der Waals surface area contributed by atoms with E-state index in [1.807, 2.05) is 188 Å². The Labute approximate surface area is 766 Å². The SMILES string of the molecule is [2H]C([2H])([2H])c1ccc(-c2[c-]cc(-c3ccccc3-c3cc(-c4ccccc4-c4c[c-]c(-c5ccc(C([2H])([2H])[2H])cn5)cc4)cc(-c4cc(Cl)ccc4-c4c[c-]c(-c5cc(-c6[c-]cc(-c7ccc(Cl)cc7-c7cc(-c8ccccc8-c8c[c-]c(-c9ccc(C([2H])([2H])[2H])cn9)cc8)cc(-c8ccccc8-c8c[c-]c(-c9ccc(C([2H])([2H])[2H])cn9)cc8)c7)cc6)ncn5)cc4)c3)cc2)nc1.[Ir+3].[Ir+3]. The molecule has 0 aliphatic rings. The third-order valence-electron chi connectivity index (χ3n) is 21.5. The van der Waals surface area contributed by atoms with E-state index in [9.17, 15) is 0 Å². The van der Waals surface area contributed by atoms with Crippen LogP contribution >= 0.6 is 23.2 Å². The zero-order valence-electron chi connectivity index (χ0n) is 76.7. The zero-order chi connectivity index (χ0) is 91.2. The number of benzene rings is 14. The molecule has 582 valence electrons. The molecule has 5 aromatic heterocycles. The minimum absolute atomic E-state index is 0. The van der Waals surface area contributed by atoms with Crippen molar-refractivity contribution in [3.8, 4) is 201 Å². The Morgan fingerprint density at radius 3 is 0.639 bits per heavy atom. The summed E-state index contributed by atoms with van der Waals surface area (Å²) in [5.74, 6) is 0. The number of halogens is 2. The first kappa shape index (κ1) is 67.4. The largest absolute Gasteiger partial charge is 3.00 e. The summed E-state index contributed by atoms with van der Waals surface area (Å²) in [5.41, 5.74) is 30.7. The molecule has 6 nitrogen and oxygen atoms in total. The van der Waals surface area contributed by atoms with Crippen LogP contribution in [0, 0.1) is 63.8 Å². The van der Waals surface area contributed by atoms with E-state index in [0.717, 1.165) is 145 Å². The smallest absolute Gasteiger partial charge is 0.304 e. The van der Waals surface area contributed by atoms with E-state index in [4.69, 9.17) is 49.6 Å². The average Bonchev–Trinajstić information content (AvgIpc) is 0.766. The third kappa shape index (κ3) is 17.3. The molecule has 0 unspecified atom stereocenters. The van der Waals surface area contributed by atoms with Gasteiger partial charge < -0.3 is 19.9 Å². The van der Waals surface area contributed by atoms with Gasteiger partial charge >= 0.3 is 40.2 Å². The van der Waals surface area contributed by atoms with Crippen LogP contribution < -0.4 is 0 Å². The summed E-state index contributed by atoms with van der Waals surface area (Å²) >= 11 is 14.2. The van der Waals surface area contributed by atoms with Crippen molar-refractivity contribution >= 4 is 23.2 Å². The molecule has 0 amide bonds. The summed E-state index contributed by atoms with van der Waals surface area (Å²) in [6.07, 6.45) is 7.13. The van der Waals surface area contributed by atoms with Crippen molar-refractivity contribution in [2.45, 2.75) is 27.4 Å². The van der Waals surface area contributed by atoms with Gasteiger partial charge in [-0.15, -0.1) is 179 Å². The van der Waals surface area contributed by atoms with Crippen molar-refractivity contribution < 1.29 is 56.7 Å². The van der Waals surface area contributed by atoms with Crippen LogP contribution in [-0.4, -0.2) is 29.9 Å².